The SMILES string of the molecule is CCc1nc(N2CCC(CCNC)CC2)cc(=O)[nH]1. The third kappa shape index (κ3) is 3.80. The van der Waals surface area contributed by atoms with Gasteiger partial charge in [-0.05, 0) is 38.8 Å². The Morgan fingerprint density at radius 1 is 1.47 bits per heavy atom. The highest BCUT2D eigenvalue weighted by atomic mass is 16.1. The molecule has 0 aromatic carbocycles. The number of aryl methyl sites for hydroxylation is 1. The van der Waals surface area contributed by atoms with E-state index >= 15 is 0 Å². The van der Waals surface area contributed by atoms with Crippen LogP contribution in [-0.2, 0) is 6.42 Å². The fourth-order valence-corrected chi connectivity index (χ4v) is 2.62. The van der Waals surface area contributed by atoms with Crippen LogP contribution < -0.4 is 15.8 Å². The molecular formula is C14H24N4O. The molecule has 106 valence electrons. The van der Waals surface area contributed by atoms with Gasteiger partial charge in [-0.1, -0.05) is 6.92 Å². The summed E-state index contributed by atoms with van der Waals surface area (Å²) in [6.07, 6.45) is 4.39. The van der Waals surface area contributed by atoms with E-state index in [9.17, 15) is 4.79 Å². The molecule has 1 aliphatic rings. The first-order chi connectivity index (χ1) is 9.22. The number of aromatic amines is 1. The molecule has 2 N–H and O–H groups in total. The molecule has 1 aromatic heterocycles. The monoisotopic (exact) mass is 264 g/mol. The average Bonchev–Trinajstić information content (AvgIpc) is 2.45. The Morgan fingerprint density at radius 2 is 2.21 bits per heavy atom. The molecule has 1 aliphatic heterocycles. The van der Waals surface area contributed by atoms with Crippen LogP contribution in [-0.4, -0.2) is 36.6 Å². The van der Waals surface area contributed by atoms with Crippen molar-refractivity contribution in [2.24, 2.45) is 5.92 Å². The van der Waals surface area contributed by atoms with Gasteiger partial charge in [-0.2, -0.15) is 0 Å². The lowest BCUT2D eigenvalue weighted by Gasteiger charge is -2.32. The first-order valence-electron chi connectivity index (χ1n) is 7.22. The number of aromatic nitrogens is 2. The minimum absolute atomic E-state index is 0.0424. The minimum atomic E-state index is -0.0424. The van der Waals surface area contributed by atoms with E-state index in [1.165, 1.54) is 19.3 Å². The van der Waals surface area contributed by atoms with Gasteiger partial charge in [0.1, 0.15) is 11.6 Å². The van der Waals surface area contributed by atoms with Crippen molar-refractivity contribution in [2.45, 2.75) is 32.6 Å². The van der Waals surface area contributed by atoms with Gasteiger partial charge >= 0.3 is 0 Å². The summed E-state index contributed by atoms with van der Waals surface area (Å²) < 4.78 is 0. The van der Waals surface area contributed by atoms with E-state index in [-0.39, 0.29) is 5.56 Å². The van der Waals surface area contributed by atoms with Crippen LogP contribution in [0.3, 0.4) is 0 Å². The van der Waals surface area contributed by atoms with Crippen molar-refractivity contribution in [1.82, 2.24) is 15.3 Å². The van der Waals surface area contributed by atoms with E-state index in [1.54, 1.807) is 6.07 Å². The highest BCUT2D eigenvalue weighted by Crippen LogP contribution is 2.23. The third-order valence-electron chi connectivity index (χ3n) is 3.85. The van der Waals surface area contributed by atoms with E-state index < -0.39 is 0 Å². The topological polar surface area (TPSA) is 61.0 Å². The first kappa shape index (κ1) is 14.1. The molecule has 1 saturated heterocycles. The molecule has 0 unspecified atom stereocenters. The van der Waals surface area contributed by atoms with Crippen LogP contribution in [0.2, 0.25) is 0 Å². The van der Waals surface area contributed by atoms with Crippen molar-refractivity contribution < 1.29 is 0 Å². The van der Waals surface area contributed by atoms with E-state index in [2.05, 4.69) is 20.2 Å². The maximum atomic E-state index is 11.6. The largest absolute Gasteiger partial charge is 0.356 e. The molecule has 0 atom stereocenters. The minimum Gasteiger partial charge on any atom is -0.356 e. The second-order valence-electron chi connectivity index (χ2n) is 5.23. The third-order valence-corrected chi connectivity index (χ3v) is 3.85. The van der Waals surface area contributed by atoms with Crippen LogP contribution in [0.4, 0.5) is 5.82 Å². The van der Waals surface area contributed by atoms with Crippen LogP contribution in [0.25, 0.3) is 0 Å². The quantitative estimate of drug-likeness (QED) is 0.838. The number of hydrogen-bond acceptors (Lipinski definition) is 4. The molecule has 0 amide bonds. The van der Waals surface area contributed by atoms with Crippen molar-refractivity contribution in [3.63, 3.8) is 0 Å². The Hall–Kier alpha value is -1.36. The first-order valence-corrected chi connectivity index (χ1v) is 7.22. The number of H-pyrrole nitrogens is 1. The fraction of sp³-hybridized carbons (Fsp3) is 0.714. The lowest BCUT2D eigenvalue weighted by molar-refractivity contribution is 0.377. The second kappa shape index (κ2) is 6.70. The molecule has 0 saturated carbocycles. The van der Waals surface area contributed by atoms with Crippen molar-refractivity contribution in [3.05, 3.63) is 22.2 Å². The van der Waals surface area contributed by atoms with Gasteiger partial charge < -0.3 is 15.2 Å². The summed E-state index contributed by atoms with van der Waals surface area (Å²) in [5, 5.41) is 3.21. The summed E-state index contributed by atoms with van der Waals surface area (Å²) in [4.78, 5) is 21.1. The number of anilines is 1. The molecule has 5 heteroatoms. The normalized spacial score (nSPS) is 16.8. The van der Waals surface area contributed by atoms with Gasteiger partial charge in [0.05, 0.1) is 0 Å². The summed E-state index contributed by atoms with van der Waals surface area (Å²) >= 11 is 0. The number of piperidine rings is 1. The Kier molecular flexibility index (Phi) is 4.96. The van der Waals surface area contributed by atoms with Gasteiger partial charge in [0.15, 0.2) is 0 Å². The van der Waals surface area contributed by atoms with Crippen molar-refractivity contribution in [2.75, 3.05) is 31.6 Å². The number of nitrogens with one attached hydrogen (secondary N) is 2. The van der Waals surface area contributed by atoms with Gasteiger partial charge in [0, 0.05) is 25.6 Å². The predicted molar refractivity (Wildman–Crippen MR) is 77.7 cm³/mol. The molecule has 0 radical (unpaired) electrons. The van der Waals surface area contributed by atoms with Gasteiger partial charge in [-0.15, -0.1) is 0 Å². The molecule has 19 heavy (non-hydrogen) atoms. The standard InChI is InChI=1S/C14H24N4O/c1-3-12-16-13(10-14(19)17-12)18-8-5-11(6-9-18)4-7-15-2/h10-11,15H,3-9H2,1-2H3,(H,16,17,19). The molecule has 1 fully saturated rings. The Balaban J connectivity index is 1.97. The smallest absolute Gasteiger partial charge is 0.252 e. The van der Waals surface area contributed by atoms with Crippen molar-refractivity contribution in [3.8, 4) is 0 Å². The maximum absolute atomic E-state index is 11.6. The molecule has 2 heterocycles. The molecule has 0 aliphatic carbocycles. The highest BCUT2D eigenvalue weighted by Gasteiger charge is 2.20. The van der Waals surface area contributed by atoms with Gasteiger partial charge in [0.25, 0.3) is 5.56 Å². The van der Waals surface area contributed by atoms with Crippen LogP contribution in [0.5, 0.6) is 0 Å². The molecule has 1 aromatic rings. The number of nitrogens with zero attached hydrogens (tertiary/aromatic N) is 2. The van der Waals surface area contributed by atoms with E-state index in [0.29, 0.717) is 0 Å². The van der Waals surface area contributed by atoms with Crippen LogP contribution in [0, 0.1) is 5.92 Å². The Labute approximate surface area is 114 Å². The second-order valence-corrected chi connectivity index (χ2v) is 5.23. The lowest BCUT2D eigenvalue weighted by Crippen LogP contribution is -2.36. The number of hydrogen-bond donors (Lipinski definition) is 2. The summed E-state index contributed by atoms with van der Waals surface area (Å²) in [7, 11) is 2.00. The molecule has 2 rings (SSSR count). The summed E-state index contributed by atoms with van der Waals surface area (Å²) in [6.45, 7) is 5.11. The van der Waals surface area contributed by atoms with E-state index in [4.69, 9.17) is 0 Å². The summed E-state index contributed by atoms with van der Waals surface area (Å²) in [6, 6.07) is 1.62. The Morgan fingerprint density at radius 3 is 2.84 bits per heavy atom. The molecular weight excluding hydrogens is 240 g/mol. The van der Waals surface area contributed by atoms with Crippen molar-refractivity contribution in [1.29, 1.82) is 0 Å². The van der Waals surface area contributed by atoms with Gasteiger partial charge in [-0.25, -0.2) is 4.98 Å². The van der Waals surface area contributed by atoms with Gasteiger partial charge in [-0.3, -0.25) is 4.79 Å². The van der Waals surface area contributed by atoms with Gasteiger partial charge in [0.2, 0.25) is 0 Å². The van der Waals surface area contributed by atoms with E-state index in [1.807, 2.05) is 14.0 Å². The summed E-state index contributed by atoms with van der Waals surface area (Å²) in [5.41, 5.74) is -0.0424. The summed E-state index contributed by atoms with van der Waals surface area (Å²) in [5.74, 6) is 2.42. The van der Waals surface area contributed by atoms with Crippen LogP contribution in [0.15, 0.2) is 10.9 Å². The highest BCUT2D eigenvalue weighted by molar-refractivity contribution is 5.37. The molecule has 0 bridgehead atoms. The molecule has 0 spiro atoms. The van der Waals surface area contributed by atoms with Crippen LogP contribution >= 0.6 is 0 Å². The van der Waals surface area contributed by atoms with Crippen molar-refractivity contribution >= 4 is 5.82 Å². The zero-order valence-electron chi connectivity index (χ0n) is 11.9. The zero-order valence-corrected chi connectivity index (χ0v) is 11.9. The predicted octanol–water partition coefficient (Wildman–Crippen LogP) is 1.16. The number of rotatable bonds is 5. The fourth-order valence-electron chi connectivity index (χ4n) is 2.62. The molecule has 5 nitrogen and oxygen atoms in total. The lowest BCUT2D eigenvalue weighted by atomic mass is 9.93. The average molecular weight is 264 g/mol. The van der Waals surface area contributed by atoms with Crippen LogP contribution in [0.1, 0.15) is 32.0 Å². The Bertz CT molecular complexity index is 449. The zero-order chi connectivity index (χ0) is 13.7. The van der Waals surface area contributed by atoms with E-state index in [0.717, 1.165) is 43.6 Å². The maximum Gasteiger partial charge on any atom is 0.252 e.